The van der Waals surface area contributed by atoms with Crippen LogP contribution in [0.4, 0.5) is 0 Å². The van der Waals surface area contributed by atoms with Crippen LogP contribution in [-0.2, 0) is 0 Å². The fourth-order valence-electron chi connectivity index (χ4n) is 3.71. The van der Waals surface area contributed by atoms with Crippen molar-refractivity contribution in [1.29, 1.82) is 0 Å². The molecule has 3 aromatic rings. The standard InChI is InChI=1S/C20H25N3O/c1-14(2)13-20(3,4)19(15-9-11-16(24)12-10-15)23-21-17-7-5-6-8-18(17)22-23/h5-12,14,19,24H,13H2,1-4H3. The van der Waals surface area contributed by atoms with Crippen LogP contribution in [0.5, 0.6) is 5.75 Å². The normalized spacial score (nSPS) is 13.5. The number of rotatable bonds is 5. The van der Waals surface area contributed by atoms with Gasteiger partial charge in [0.05, 0.1) is 0 Å². The van der Waals surface area contributed by atoms with Gasteiger partial charge in [0.25, 0.3) is 0 Å². The molecule has 1 aromatic heterocycles. The number of aromatic hydroxyl groups is 1. The zero-order valence-corrected chi connectivity index (χ0v) is 14.8. The summed E-state index contributed by atoms with van der Waals surface area (Å²) < 4.78 is 0. The van der Waals surface area contributed by atoms with Crippen molar-refractivity contribution in [3.63, 3.8) is 0 Å². The molecule has 1 heterocycles. The lowest BCUT2D eigenvalue weighted by Crippen LogP contribution is -2.31. The maximum absolute atomic E-state index is 9.63. The third-order valence-corrected chi connectivity index (χ3v) is 4.42. The van der Waals surface area contributed by atoms with E-state index >= 15 is 0 Å². The highest BCUT2D eigenvalue weighted by atomic mass is 16.3. The fraction of sp³-hybridized carbons (Fsp3) is 0.400. The predicted molar refractivity (Wildman–Crippen MR) is 97.0 cm³/mol. The molecular weight excluding hydrogens is 298 g/mol. The number of benzene rings is 2. The summed E-state index contributed by atoms with van der Waals surface area (Å²) >= 11 is 0. The number of nitrogens with zero attached hydrogens (tertiary/aromatic N) is 3. The average Bonchev–Trinajstić information content (AvgIpc) is 2.91. The maximum atomic E-state index is 9.63. The Morgan fingerprint density at radius 2 is 1.50 bits per heavy atom. The first-order valence-corrected chi connectivity index (χ1v) is 8.47. The van der Waals surface area contributed by atoms with Gasteiger partial charge in [0, 0.05) is 0 Å². The Morgan fingerprint density at radius 1 is 0.958 bits per heavy atom. The molecule has 0 aliphatic carbocycles. The molecule has 3 rings (SSSR count). The van der Waals surface area contributed by atoms with Gasteiger partial charge in [-0.2, -0.15) is 15.0 Å². The van der Waals surface area contributed by atoms with Gasteiger partial charge >= 0.3 is 0 Å². The summed E-state index contributed by atoms with van der Waals surface area (Å²) in [7, 11) is 0. The zero-order valence-electron chi connectivity index (χ0n) is 14.8. The Morgan fingerprint density at radius 3 is 2.00 bits per heavy atom. The Labute approximate surface area is 143 Å². The van der Waals surface area contributed by atoms with Crippen LogP contribution in [0, 0.1) is 11.3 Å². The summed E-state index contributed by atoms with van der Waals surface area (Å²) in [6, 6.07) is 15.4. The summed E-state index contributed by atoms with van der Waals surface area (Å²) in [5, 5.41) is 19.1. The quantitative estimate of drug-likeness (QED) is 0.734. The van der Waals surface area contributed by atoms with E-state index in [1.54, 1.807) is 12.1 Å². The predicted octanol–water partition coefficient (Wildman–Crippen LogP) is 4.80. The largest absolute Gasteiger partial charge is 0.508 e. The molecule has 1 unspecified atom stereocenters. The van der Waals surface area contributed by atoms with Gasteiger partial charge in [0.1, 0.15) is 22.8 Å². The van der Waals surface area contributed by atoms with E-state index in [-0.39, 0.29) is 17.2 Å². The van der Waals surface area contributed by atoms with E-state index in [1.165, 1.54) is 0 Å². The van der Waals surface area contributed by atoms with Crippen LogP contribution in [0.15, 0.2) is 48.5 Å². The number of aromatic nitrogens is 3. The summed E-state index contributed by atoms with van der Waals surface area (Å²) in [4.78, 5) is 1.85. The first-order valence-electron chi connectivity index (χ1n) is 8.47. The van der Waals surface area contributed by atoms with Crippen molar-refractivity contribution in [3.8, 4) is 5.75 Å². The minimum atomic E-state index is -0.0276. The van der Waals surface area contributed by atoms with Gasteiger partial charge in [0.15, 0.2) is 0 Å². The molecule has 1 atom stereocenters. The Bertz CT molecular complexity index is 785. The van der Waals surface area contributed by atoms with Crippen LogP contribution in [0.2, 0.25) is 0 Å². The van der Waals surface area contributed by atoms with Crippen molar-refractivity contribution in [2.75, 3.05) is 0 Å². The van der Waals surface area contributed by atoms with Crippen molar-refractivity contribution >= 4 is 11.0 Å². The van der Waals surface area contributed by atoms with Gasteiger partial charge in [0.2, 0.25) is 0 Å². The summed E-state index contributed by atoms with van der Waals surface area (Å²) in [6.07, 6.45) is 1.05. The van der Waals surface area contributed by atoms with E-state index in [0.29, 0.717) is 5.92 Å². The number of phenolic OH excluding ortho intramolecular Hbond substituents is 1. The number of phenols is 1. The van der Waals surface area contributed by atoms with Crippen molar-refractivity contribution in [3.05, 3.63) is 54.1 Å². The molecule has 0 saturated carbocycles. The van der Waals surface area contributed by atoms with Crippen LogP contribution in [0.3, 0.4) is 0 Å². The SMILES string of the molecule is CC(C)CC(C)(C)C(c1ccc(O)cc1)n1nc2ccccc2n1. The molecule has 0 radical (unpaired) electrons. The monoisotopic (exact) mass is 323 g/mol. The molecule has 4 heteroatoms. The molecular formula is C20H25N3O. The Hall–Kier alpha value is -2.36. The summed E-state index contributed by atoms with van der Waals surface area (Å²) in [5.41, 5.74) is 2.89. The number of hydrogen-bond acceptors (Lipinski definition) is 3. The highest BCUT2D eigenvalue weighted by molar-refractivity contribution is 5.73. The van der Waals surface area contributed by atoms with E-state index in [2.05, 4.69) is 27.7 Å². The van der Waals surface area contributed by atoms with Gasteiger partial charge in [-0.3, -0.25) is 0 Å². The molecule has 126 valence electrons. The van der Waals surface area contributed by atoms with Gasteiger partial charge in [-0.15, -0.1) is 0 Å². The molecule has 0 fully saturated rings. The third-order valence-electron chi connectivity index (χ3n) is 4.42. The third kappa shape index (κ3) is 3.28. The van der Waals surface area contributed by atoms with Crippen molar-refractivity contribution < 1.29 is 5.11 Å². The zero-order chi connectivity index (χ0) is 17.3. The van der Waals surface area contributed by atoms with Crippen LogP contribution in [0.1, 0.15) is 45.7 Å². The summed E-state index contributed by atoms with van der Waals surface area (Å²) in [6.45, 7) is 9.00. The highest BCUT2D eigenvalue weighted by Crippen LogP contribution is 2.41. The lowest BCUT2D eigenvalue weighted by Gasteiger charge is -2.35. The maximum Gasteiger partial charge on any atom is 0.115 e. The molecule has 0 aliphatic rings. The molecule has 2 aromatic carbocycles. The van der Waals surface area contributed by atoms with Crippen LogP contribution < -0.4 is 0 Å². The minimum Gasteiger partial charge on any atom is -0.508 e. The lowest BCUT2D eigenvalue weighted by atomic mass is 9.75. The molecule has 4 nitrogen and oxygen atoms in total. The summed E-state index contributed by atoms with van der Waals surface area (Å²) in [5.74, 6) is 0.849. The second-order valence-electron chi connectivity index (χ2n) is 7.59. The molecule has 0 saturated heterocycles. The van der Waals surface area contributed by atoms with Gasteiger partial charge in [-0.05, 0) is 47.6 Å². The smallest absolute Gasteiger partial charge is 0.115 e. The second kappa shape index (κ2) is 6.27. The highest BCUT2D eigenvalue weighted by Gasteiger charge is 2.34. The first-order chi connectivity index (χ1) is 11.4. The van der Waals surface area contributed by atoms with Crippen molar-refractivity contribution in [2.24, 2.45) is 11.3 Å². The van der Waals surface area contributed by atoms with Gasteiger partial charge in [-0.25, -0.2) is 0 Å². The van der Waals surface area contributed by atoms with Crippen molar-refractivity contribution in [1.82, 2.24) is 15.0 Å². The number of fused-ring (bicyclic) bond motifs is 1. The topological polar surface area (TPSA) is 50.9 Å². The van der Waals surface area contributed by atoms with E-state index in [0.717, 1.165) is 23.0 Å². The molecule has 24 heavy (non-hydrogen) atoms. The average molecular weight is 323 g/mol. The Balaban J connectivity index is 2.11. The fourth-order valence-corrected chi connectivity index (χ4v) is 3.71. The van der Waals surface area contributed by atoms with Gasteiger partial charge < -0.3 is 5.11 Å². The van der Waals surface area contributed by atoms with Crippen LogP contribution >= 0.6 is 0 Å². The number of hydrogen-bond donors (Lipinski definition) is 1. The molecule has 0 bridgehead atoms. The van der Waals surface area contributed by atoms with Gasteiger partial charge in [-0.1, -0.05) is 52.0 Å². The van der Waals surface area contributed by atoms with E-state index in [9.17, 15) is 5.11 Å². The Kier molecular flexibility index (Phi) is 4.31. The minimum absolute atomic E-state index is 0.00731. The molecule has 0 amide bonds. The lowest BCUT2D eigenvalue weighted by molar-refractivity contribution is 0.180. The van der Waals surface area contributed by atoms with E-state index in [1.807, 2.05) is 41.2 Å². The molecule has 0 spiro atoms. The van der Waals surface area contributed by atoms with E-state index < -0.39 is 0 Å². The van der Waals surface area contributed by atoms with Crippen LogP contribution in [0.25, 0.3) is 11.0 Å². The van der Waals surface area contributed by atoms with Crippen LogP contribution in [-0.4, -0.2) is 20.1 Å². The molecule has 1 N–H and O–H groups in total. The molecule has 0 aliphatic heterocycles. The second-order valence-corrected chi connectivity index (χ2v) is 7.59. The van der Waals surface area contributed by atoms with E-state index in [4.69, 9.17) is 10.2 Å². The van der Waals surface area contributed by atoms with Crippen molar-refractivity contribution in [2.45, 2.75) is 40.2 Å². The first kappa shape index (κ1) is 16.5.